The molecule has 134 valence electrons. The second-order valence-corrected chi connectivity index (χ2v) is 7.38. The van der Waals surface area contributed by atoms with Gasteiger partial charge in [0.05, 0.1) is 0 Å². The van der Waals surface area contributed by atoms with E-state index in [1.807, 2.05) is 53.2 Å². The molecule has 0 fully saturated rings. The maximum Gasteiger partial charge on any atom is 0.218 e. The first-order valence-electron chi connectivity index (χ1n) is 8.29. The number of thiazole rings is 1. The summed E-state index contributed by atoms with van der Waals surface area (Å²) in [6, 6.07) is 15.6. The summed E-state index contributed by atoms with van der Waals surface area (Å²) in [6.07, 6.45) is 4.62. The Balaban J connectivity index is 1.78. The molecule has 0 saturated carbocycles. The van der Waals surface area contributed by atoms with E-state index >= 15 is 0 Å². The number of halogens is 1. The molecule has 0 bridgehead atoms. The van der Waals surface area contributed by atoms with Crippen LogP contribution < -0.4 is 0 Å². The number of carbonyl (C=O) groups excluding carboxylic acids is 1. The number of allylic oxidation sites excluding steroid dienone is 1. The molecule has 2 aromatic heterocycles. The highest BCUT2D eigenvalue weighted by molar-refractivity contribution is 7.11. The molecule has 1 N–H and O–H groups in total. The second kappa shape index (κ2) is 7.39. The van der Waals surface area contributed by atoms with Gasteiger partial charge in [0.1, 0.15) is 5.76 Å². The summed E-state index contributed by atoms with van der Waals surface area (Å²) in [7, 11) is 0. The minimum Gasteiger partial charge on any atom is -0.507 e. The molecule has 2 heterocycles. The largest absolute Gasteiger partial charge is 0.507 e. The van der Waals surface area contributed by atoms with E-state index in [9.17, 15) is 9.90 Å². The van der Waals surface area contributed by atoms with Gasteiger partial charge in [0.15, 0.2) is 5.01 Å². The zero-order chi connectivity index (χ0) is 18.8. The zero-order valence-corrected chi connectivity index (χ0v) is 15.7. The maximum absolute atomic E-state index is 12.3. The third-order valence-electron chi connectivity index (χ3n) is 4.23. The number of aliphatic hydroxyl groups is 1. The van der Waals surface area contributed by atoms with Gasteiger partial charge in [-0.15, -0.1) is 11.3 Å². The van der Waals surface area contributed by atoms with Gasteiger partial charge >= 0.3 is 0 Å². The van der Waals surface area contributed by atoms with Crippen molar-refractivity contribution >= 4 is 45.4 Å². The first-order valence-corrected chi connectivity index (χ1v) is 9.55. The summed E-state index contributed by atoms with van der Waals surface area (Å²) in [4.78, 5) is 16.3. The molecule has 0 spiro atoms. The molecule has 0 radical (unpaired) electrons. The summed E-state index contributed by atoms with van der Waals surface area (Å²) in [6.45, 7) is 0.646. The van der Waals surface area contributed by atoms with Gasteiger partial charge in [-0.25, -0.2) is 4.98 Å². The van der Waals surface area contributed by atoms with Gasteiger partial charge in [-0.3, -0.25) is 4.79 Å². The van der Waals surface area contributed by atoms with Gasteiger partial charge in [-0.1, -0.05) is 41.9 Å². The van der Waals surface area contributed by atoms with E-state index in [-0.39, 0.29) is 11.5 Å². The van der Waals surface area contributed by atoms with Crippen LogP contribution in [0.25, 0.3) is 16.7 Å². The van der Waals surface area contributed by atoms with Crippen LogP contribution in [0.5, 0.6) is 0 Å². The Bertz CT molecular complexity index is 1130. The third-order valence-corrected chi connectivity index (χ3v) is 5.25. The lowest BCUT2D eigenvalue weighted by Crippen LogP contribution is -1.97. The van der Waals surface area contributed by atoms with E-state index in [2.05, 4.69) is 4.98 Å². The molecule has 4 rings (SSSR count). The fraction of sp³-hybridized carbons (Fsp3) is 0.0476. The predicted octanol–water partition coefficient (Wildman–Crippen LogP) is 5.58. The first kappa shape index (κ1) is 17.5. The monoisotopic (exact) mass is 394 g/mol. The van der Waals surface area contributed by atoms with Crippen molar-refractivity contribution in [1.29, 1.82) is 0 Å². The molecule has 4 aromatic rings. The predicted molar refractivity (Wildman–Crippen MR) is 110 cm³/mol. The van der Waals surface area contributed by atoms with E-state index in [0.29, 0.717) is 22.1 Å². The molecule has 0 saturated heterocycles. The smallest absolute Gasteiger partial charge is 0.218 e. The Morgan fingerprint density at radius 1 is 1.22 bits per heavy atom. The van der Waals surface area contributed by atoms with Crippen LogP contribution in [0.1, 0.15) is 20.9 Å². The maximum atomic E-state index is 12.3. The van der Waals surface area contributed by atoms with Crippen molar-refractivity contribution < 1.29 is 9.90 Å². The molecule has 4 nitrogen and oxygen atoms in total. The molecule has 27 heavy (non-hydrogen) atoms. The topological polar surface area (TPSA) is 55.1 Å². The van der Waals surface area contributed by atoms with Gasteiger partial charge < -0.3 is 9.67 Å². The van der Waals surface area contributed by atoms with Gasteiger partial charge in [0, 0.05) is 51.9 Å². The normalized spacial score (nSPS) is 11.8. The van der Waals surface area contributed by atoms with Crippen molar-refractivity contribution in [2.24, 2.45) is 0 Å². The van der Waals surface area contributed by atoms with Crippen LogP contribution in [-0.4, -0.2) is 20.4 Å². The molecule has 6 heteroatoms. The van der Waals surface area contributed by atoms with Gasteiger partial charge in [0.25, 0.3) is 0 Å². The molecule has 0 atom stereocenters. The standard InChI is InChI=1S/C21H15ClN2O2S/c22-15-6-7-18-16(10-15)17(13-24(18)12-14-4-2-1-3-5-14)19(25)11-20(26)21-23-8-9-27-21/h1-11,13,25H,12H2/b19-11-. The van der Waals surface area contributed by atoms with Crippen LogP contribution >= 0.6 is 22.9 Å². The lowest BCUT2D eigenvalue weighted by Gasteiger charge is -2.05. The van der Waals surface area contributed by atoms with E-state index < -0.39 is 0 Å². The fourth-order valence-electron chi connectivity index (χ4n) is 2.99. The number of aromatic nitrogens is 2. The van der Waals surface area contributed by atoms with Crippen molar-refractivity contribution in [3.05, 3.63) is 93.5 Å². The lowest BCUT2D eigenvalue weighted by molar-refractivity contribution is 0.104. The Hall–Kier alpha value is -2.89. The molecule has 0 aliphatic carbocycles. The zero-order valence-electron chi connectivity index (χ0n) is 14.2. The van der Waals surface area contributed by atoms with Crippen molar-refractivity contribution in [3.8, 4) is 0 Å². The quantitative estimate of drug-likeness (QED) is 0.273. The second-order valence-electron chi connectivity index (χ2n) is 6.05. The Labute approximate surface area is 165 Å². The van der Waals surface area contributed by atoms with E-state index in [1.165, 1.54) is 17.4 Å². The van der Waals surface area contributed by atoms with Crippen molar-refractivity contribution in [3.63, 3.8) is 0 Å². The summed E-state index contributed by atoms with van der Waals surface area (Å²) >= 11 is 7.40. The molecule has 0 unspecified atom stereocenters. The van der Waals surface area contributed by atoms with Crippen LogP contribution in [0.4, 0.5) is 0 Å². The minimum absolute atomic E-state index is 0.103. The van der Waals surface area contributed by atoms with Crippen LogP contribution in [0, 0.1) is 0 Å². The SMILES string of the molecule is O=C(/C=C(\O)c1cn(Cc2ccccc2)c2ccc(Cl)cc12)c1nccs1. The number of hydrogen-bond acceptors (Lipinski definition) is 4. The molecular weight excluding hydrogens is 380 g/mol. The van der Waals surface area contributed by atoms with Crippen LogP contribution in [0.3, 0.4) is 0 Å². The Morgan fingerprint density at radius 2 is 2.04 bits per heavy atom. The molecular formula is C21H15ClN2O2S. The van der Waals surface area contributed by atoms with Crippen molar-refractivity contribution in [2.45, 2.75) is 6.54 Å². The Morgan fingerprint density at radius 3 is 2.78 bits per heavy atom. The average Bonchev–Trinajstić information content (AvgIpc) is 3.31. The number of ketones is 1. The van der Waals surface area contributed by atoms with Gasteiger partial charge in [-0.05, 0) is 23.8 Å². The summed E-state index contributed by atoms with van der Waals surface area (Å²) in [5.41, 5.74) is 2.63. The van der Waals surface area contributed by atoms with Crippen molar-refractivity contribution in [1.82, 2.24) is 9.55 Å². The van der Waals surface area contributed by atoms with Crippen LogP contribution in [-0.2, 0) is 6.54 Å². The summed E-state index contributed by atoms with van der Waals surface area (Å²) < 4.78 is 2.04. The summed E-state index contributed by atoms with van der Waals surface area (Å²) in [5, 5.41) is 14.0. The van der Waals surface area contributed by atoms with Crippen LogP contribution in [0.15, 0.2) is 72.4 Å². The molecule has 0 aliphatic rings. The molecule has 0 aliphatic heterocycles. The highest BCUT2D eigenvalue weighted by Crippen LogP contribution is 2.29. The summed E-state index contributed by atoms with van der Waals surface area (Å²) in [5.74, 6) is -0.428. The number of aliphatic hydroxyl groups excluding tert-OH is 1. The number of fused-ring (bicyclic) bond motifs is 1. The number of carbonyl (C=O) groups is 1. The lowest BCUT2D eigenvalue weighted by atomic mass is 10.1. The fourth-order valence-corrected chi connectivity index (χ4v) is 3.71. The Kier molecular flexibility index (Phi) is 4.79. The number of hydrogen-bond donors (Lipinski definition) is 1. The number of benzene rings is 2. The molecule has 0 amide bonds. The molecule has 2 aromatic carbocycles. The van der Waals surface area contributed by atoms with Gasteiger partial charge in [-0.2, -0.15) is 0 Å². The average molecular weight is 395 g/mol. The van der Waals surface area contributed by atoms with E-state index in [0.717, 1.165) is 16.5 Å². The minimum atomic E-state index is -0.325. The van der Waals surface area contributed by atoms with E-state index in [4.69, 9.17) is 11.6 Å². The highest BCUT2D eigenvalue weighted by Gasteiger charge is 2.15. The number of rotatable bonds is 5. The third kappa shape index (κ3) is 3.65. The van der Waals surface area contributed by atoms with Crippen molar-refractivity contribution in [2.75, 3.05) is 0 Å². The highest BCUT2D eigenvalue weighted by atomic mass is 35.5. The van der Waals surface area contributed by atoms with Crippen LogP contribution in [0.2, 0.25) is 5.02 Å². The van der Waals surface area contributed by atoms with Gasteiger partial charge in [0.2, 0.25) is 5.78 Å². The number of nitrogens with zero attached hydrogens (tertiary/aromatic N) is 2. The van der Waals surface area contributed by atoms with E-state index in [1.54, 1.807) is 17.6 Å². The first-order chi connectivity index (χ1) is 13.1.